The van der Waals surface area contributed by atoms with Gasteiger partial charge in [0, 0.05) is 0 Å². The van der Waals surface area contributed by atoms with Crippen molar-refractivity contribution in [3.05, 3.63) is 173 Å². The van der Waals surface area contributed by atoms with E-state index in [1.54, 1.807) is 0 Å². The van der Waals surface area contributed by atoms with E-state index in [4.69, 9.17) is 11.6 Å². The molecule has 0 N–H and O–H groups in total. The zero-order valence-electron chi connectivity index (χ0n) is 24.2. The van der Waals surface area contributed by atoms with Crippen molar-refractivity contribution >= 4 is 57.9 Å². The Morgan fingerprint density at radius 2 is 1.30 bits per heavy atom. The maximum Gasteiger partial charge on any atom is -0.0255 e. The summed E-state index contributed by atoms with van der Waals surface area (Å²) >= 11 is 7.40. The van der Waals surface area contributed by atoms with Gasteiger partial charge in [-0.1, -0.05) is 77.5 Å². The fraction of sp³-hybridized carbons (Fsp3) is 0.0500. The molecule has 0 aliphatic heterocycles. The molecule has 0 bridgehead atoms. The largest absolute Gasteiger partial charge is 1.00 e. The third-order valence-electron chi connectivity index (χ3n) is 7.54. The van der Waals surface area contributed by atoms with Gasteiger partial charge in [0.2, 0.25) is 0 Å². The van der Waals surface area contributed by atoms with Crippen LogP contribution in [0, 0.1) is 13.0 Å². The quantitative estimate of drug-likeness (QED) is 0.174. The zero-order chi connectivity index (χ0) is 28.9. The maximum absolute atomic E-state index is 6.00. The number of hydrogen-bond donors (Lipinski definition) is 0. The van der Waals surface area contributed by atoms with Crippen LogP contribution in [0.15, 0.2) is 146 Å². The molecule has 0 spiro atoms. The first kappa shape index (κ1) is 33.7. The third-order valence-corrected chi connectivity index (χ3v) is 9.20. The Morgan fingerprint density at radius 3 is 1.91 bits per heavy atom. The molecular weight excluding hydrogens is 678 g/mol. The van der Waals surface area contributed by atoms with Gasteiger partial charge in [0.15, 0.2) is 0 Å². The van der Waals surface area contributed by atoms with E-state index in [9.17, 15) is 0 Å². The minimum absolute atomic E-state index is 0. The van der Waals surface area contributed by atoms with E-state index in [1.165, 1.54) is 87.2 Å². The molecule has 0 saturated carbocycles. The normalized spacial score (nSPS) is 11.4. The van der Waals surface area contributed by atoms with Gasteiger partial charge in [-0.15, -0.1) is 40.1 Å². The molecule has 0 amide bonds. The number of halogens is 3. The summed E-state index contributed by atoms with van der Waals surface area (Å²) in [5.41, 5.74) is 3.79. The first-order valence-corrected chi connectivity index (χ1v) is 15.7. The smallest absolute Gasteiger partial charge is 0.0255 e. The number of aryl methyl sites for hydroxylation is 1. The molecule has 44 heavy (non-hydrogen) atoms. The summed E-state index contributed by atoms with van der Waals surface area (Å²) in [5, 5.41) is 11.6. The van der Waals surface area contributed by atoms with Crippen LogP contribution in [0.25, 0.3) is 43.1 Å². The van der Waals surface area contributed by atoms with Crippen molar-refractivity contribution < 1.29 is 49.0 Å². The van der Waals surface area contributed by atoms with Crippen molar-refractivity contribution in [2.24, 2.45) is 0 Å². The molecule has 0 radical (unpaired) electrons. The van der Waals surface area contributed by atoms with Gasteiger partial charge < -0.3 is 24.8 Å². The molecular formula is C40H29Cl3Zr-2. The van der Waals surface area contributed by atoms with Crippen LogP contribution in [0.4, 0.5) is 0 Å². The molecule has 1 aliphatic carbocycles. The van der Waals surface area contributed by atoms with E-state index in [0.29, 0.717) is 0 Å². The van der Waals surface area contributed by atoms with Gasteiger partial charge >= 0.3 is 116 Å². The van der Waals surface area contributed by atoms with Gasteiger partial charge in [-0.05, 0) is 10.8 Å². The average molecular weight is 707 g/mol. The van der Waals surface area contributed by atoms with Gasteiger partial charge in [-0.2, -0.15) is 6.08 Å². The Hall–Kier alpha value is -3.19. The zero-order valence-corrected chi connectivity index (χ0v) is 28.9. The van der Waals surface area contributed by atoms with Crippen LogP contribution in [0.1, 0.15) is 23.1 Å². The van der Waals surface area contributed by atoms with Gasteiger partial charge in [0.1, 0.15) is 0 Å². The Kier molecular flexibility index (Phi) is 12.0. The van der Waals surface area contributed by atoms with Gasteiger partial charge in [0.25, 0.3) is 0 Å². The van der Waals surface area contributed by atoms with Crippen molar-refractivity contribution in [3.63, 3.8) is 0 Å². The Morgan fingerprint density at radius 1 is 0.682 bits per heavy atom. The SMILES string of the molecule is Cc1ccc([C](=[Zr+2])c2cccc(Cl)c2)cc1.[C-]1=CC=CC1.[Cl-].[Cl-].c1ccc2c(c1)[cH-]c1c3ccccc3c3ccccc3c21. The maximum atomic E-state index is 6.00. The molecule has 7 aromatic carbocycles. The first-order chi connectivity index (χ1) is 20.6. The van der Waals surface area contributed by atoms with E-state index in [-0.39, 0.29) is 24.8 Å². The molecule has 0 saturated heterocycles. The van der Waals surface area contributed by atoms with Crippen LogP contribution >= 0.6 is 11.6 Å². The van der Waals surface area contributed by atoms with Gasteiger partial charge in [-0.3, -0.25) is 6.08 Å². The Labute approximate surface area is 291 Å². The second-order valence-corrected chi connectivity index (χ2v) is 12.0. The monoisotopic (exact) mass is 704 g/mol. The molecule has 4 heteroatoms. The summed E-state index contributed by atoms with van der Waals surface area (Å²) in [4.78, 5) is 0. The van der Waals surface area contributed by atoms with Crippen LogP contribution in [-0.2, 0) is 24.2 Å². The summed E-state index contributed by atoms with van der Waals surface area (Å²) < 4.78 is 1.34. The average Bonchev–Trinajstić information content (AvgIpc) is 3.74. The summed E-state index contributed by atoms with van der Waals surface area (Å²) in [6.07, 6.45) is 10.0. The molecule has 1 aliphatic rings. The molecule has 0 unspecified atom stereocenters. The van der Waals surface area contributed by atoms with Crippen molar-refractivity contribution in [1.82, 2.24) is 0 Å². The van der Waals surface area contributed by atoms with Crippen molar-refractivity contribution in [2.75, 3.05) is 0 Å². The van der Waals surface area contributed by atoms with Crippen molar-refractivity contribution in [2.45, 2.75) is 13.3 Å². The molecule has 7 aromatic rings. The minimum Gasteiger partial charge on any atom is -1.00 e. The molecule has 216 valence electrons. The second kappa shape index (κ2) is 15.7. The molecule has 0 heterocycles. The van der Waals surface area contributed by atoms with Crippen molar-refractivity contribution in [1.29, 1.82) is 0 Å². The summed E-state index contributed by atoms with van der Waals surface area (Å²) in [5.74, 6) is 0. The van der Waals surface area contributed by atoms with Crippen LogP contribution < -0.4 is 24.8 Å². The third kappa shape index (κ3) is 7.36. The summed E-state index contributed by atoms with van der Waals surface area (Å²) in [7, 11) is 0. The molecule has 0 nitrogen and oxygen atoms in total. The number of allylic oxidation sites excluding steroid dienone is 4. The number of rotatable bonds is 2. The number of fused-ring (bicyclic) bond motifs is 8. The predicted octanol–water partition coefficient (Wildman–Crippen LogP) is 5.10. The molecule has 0 fully saturated rings. The number of hydrogen-bond acceptors (Lipinski definition) is 0. The fourth-order valence-corrected chi connectivity index (χ4v) is 6.47. The van der Waals surface area contributed by atoms with E-state index in [1.807, 2.05) is 30.4 Å². The molecule has 0 atom stereocenters. The van der Waals surface area contributed by atoms with Crippen LogP contribution in [0.5, 0.6) is 0 Å². The van der Waals surface area contributed by atoms with Gasteiger partial charge in [-0.25, -0.2) is 12.2 Å². The number of benzene rings is 6. The van der Waals surface area contributed by atoms with Gasteiger partial charge in [0.05, 0.1) is 0 Å². The molecule has 0 aromatic heterocycles. The Bertz CT molecular complexity index is 2090. The Balaban J connectivity index is 0.000000171. The summed E-state index contributed by atoms with van der Waals surface area (Å²) in [6, 6.07) is 45.2. The van der Waals surface area contributed by atoms with Crippen molar-refractivity contribution in [3.8, 4) is 0 Å². The van der Waals surface area contributed by atoms with E-state index < -0.39 is 0 Å². The van der Waals surface area contributed by atoms with E-state index >= 15 is 0 Å². The minimum atomic E-state index is 0. The van der Waals surface area contributed by atoms with Crippen LogP contribution in [0.2, 0.25) is 5.02 Å². The summed E-state index contributed by atoms with van der Waals surface area (Å²) in [6.45, 7) is 2.10. The second-order valence-electron chi connectivity index (χ2n) is 10.4. The first-order valence-electron chi connectivity index (χ1n) is 14.1. The molecule has 8 rings (SSSR count). The van der Waals surface area contributed by atoms with Crippen LogP contribution in [0.3, 0.4) is 0 Å². The standard InChI is InChI=1S/C21H13.C14H11Cl.C5H5.2ClH.Zr/c1-2-8-15-14(7-1)13-20-18-11-4-3-9-16(18)17-10-5-6-12-19(17)21(15)20;1-11-5-7-12(8-6-11)9-13-3-2-4-14(15)10-13;1-2-4-5-3-1;;;/h1-13H;2-8,10H,1H3;1-3H,4H2;2*1H;/q-1;;-1;;;+2/p-2. The van der Waals surface area contributed by atoms with Crippen LogP contribution in [-0.4, -0.2) is 3.21 Å². The van der Waals surface area contributed by atoms with E-state index in [2.05, 4.69) is 128 Å². The van der Waals surface area contributed by atoms with E-state index in [0.717, 1.165) is 11.4 Å². The fourth-order valence-electron chi connectivity index (χ4n) is 5.49. The predicted molar refractivity (Wildman–Crippen MR) is 179 cm³/mol. The topological polar surface area (TPSA) is 0 Å².